The highest BCUT2D eigenvalue weighted by atomic mass is 32.2. The van der Waals surface area contributed by atoms with Gasteiger partial charge in [-0.2, -0.15) is 8.78 Å². The van der Waals surface area contributed by atoms with Crippen LogP contribution in [-0.2, 0) is 0 Å². The molecule has 0 saturated carbocycles. The van der Waals surface area contributed by atoms with Crippen molar-refractivity contribution in [2.24, 2.45) is 5.73 Å². The molecule has 1 unspecified atom stereocenters. The van der Waals surface area contributed by atoms with E-state index < -0.39 is 11.8 Å². The minimum absolute atomic E-state index is 0.244. The number of Topliss-reactive ketones (excluding diaryl/α,β-unsaturated/α-hetero) is 1. The molecule has 0 fully saturated rings. The van der Waals surface area contributed by atoms with Crippen molar-refractivity contribution >= 4 is 17.5 Å². The molecule has 0 bridgehead atoms. The summed E-state index contributed by atoms with van der Waals surface area (Å²) in [6.45, 7) is 1.56. The molecule has 15 heavy (non-hydrogen) atoms. The molecule has 5 heteroatoms. The van der Waals surface area contributed by atoms with Crippen LogP contribution in [0.4, 0.5) is 8.78 Å². The first-order chi connectivity index (χ1) is 7.00. The van der Waals surface area contributed by atoms with Gasteiger partial charge in [-0.25, -0.2) is 0 Å². The van der Waals surface area contributed by atoms with Gasteiger partial charge in [-0.05, 0) is 19.1 Å². The van der Waals surface area contributed by atoms with Gasteiger partial charge in [0, 0.05) is 10.5 Å². The first-order valence-corrected chi connectivity index (χ1v) is 5.23. The van der Waals surface area contributed by atoms with E-state index in [4.69, 9.17) is 5.73 Å². The smallest absolute Gasteiger partial charge is 0.288 e. The Balaban J connectivity index is 2.87. The number of benzene rings is 1. The molecule has 1 aromatic rings. The molecular weight excluding hydrogens is 220 g/mol. The number of hydrogen-bond acceptors (Lipinski definition) is 3. The Kier molecular flexibility index (Phi) is 4.23. The van der Waals surface area contributed by atoms with E-state index in [9.17, 15) is 13.6 Å². The molecule has 1 aromatic carbocycles. The molecule has 1 atom stereocenters. The van der Waals surface area contributed by atoms with Gasteiger partial charge in [0.25, 0.3) is 5.76 Å². The standard InChI is InChI=1S/C10H11F2NOS/c1-6(13)9(14)7-3-2-4-8(5-7)15-10(11)12/h2-6,10H,13H2,1H3. The maximum Gasteiger partial charge on any atom is 0.288 e. The molecule has 82 valence electrons. The van der Waals surface area contributed by atoms with Crippen LogP contribution >= 0.6 is 11.8 Å². The minimum atomic E-state index is -2.48. The number of carbonyl (C=O) groups is 1. The number of ketones is 1. The molecular formula is C10H11F2NOS. The average Bonchev–Trinajstić information content (AvgIpc) is 2.16. The van der Waals surface area contributed by atoms with Gasteiger partial charge in [0.1, 0.15) is 0 Å². The number of hydrogen-bond donors (Lipinski definition) is 1. The summed E-state index contributed by atoms with van der Waals surface area (Å²) in [5.41, 5.74) is 5.79. The van der Waals surface area contributed by atoms with Crippen LogP contribution in [0, 0.1) is 0 Å². The van der Waals surface area contributed by atoms with E-state index in [0.29, 0.717) is 22.2 Å². The van der Waals surface area contributed by atoms with Gasteiger partial charge in [-0.1, -0.05) is 23.9 Å². The third kappa shape index (κ3) is 3.60. The maximum absolute atomic E-state index is 12.1. The first kappa shape index (κ1) is 12.1. The first-order valence-electron chi connectivity index (χ1n) is 4.35. The minimum Gasteiger partial charge on any atom is -0.321 e. The number of alkyl halides is 2. The van der Waals surface area contributed by atoms with E-state index in [1.165, 1.54) is 12.1 Å². The molecule has 2 nitrogen and oxygen atoms in total. The number of thioether (sulfide) groups is 1. The van der Waals surface area contributed by atoms with Crippen molar-refractivity contribution in [3.8, 4) is 0 Å². The number of carbonyl (C=O) groups excluding carboxylic acids is 1. The zero-order chi connectivity index (χ0) is 11.4. The van der Waals surface area contributed by atoms with Crippen molar-refractivity contribution in [1.82, 2.24) is 0 Å². The van der Waals surface area contributed by atoms with E-state index in [1.807, 2.05) is 0 Å². The normalized spacial score (nSPS) is 12.9. The third-order valence-electron chi connectivity index (χ3n) is 1.76. The zero-order valence-electron chi connectivity index (χ0n) is 8.11. The van der Waals surface area contributed by atoms with Crippen LogP contribution in [0.3, 0.4) is 0 Å². The van der Waals surface area contributed by atoms with Crippen LogP contribution in [0.5, 0.6) is 0 Å². The van der Waals surface area contributed by atoms with Crippen LogP contribution in [0.25, 0.3) is 0 Å². The Morgan fingerprint density at radius 1 is 1.47 bits per heavy atom. The summed E-state index contributed by atoms with van der Waals surface area (Å²) >= 11 is 0.415. The van der Waals surface area contributed by atoms with Crippen molar-refractivity contribution in [2.75, 3.05) is 0 Å². The van der Waals surface area contributed by atoms with Gasteiger partial charge in [0.2, 0.25) is 0 Å². The quantitative estimate of drug-likeness (QED) is 0.639. The predicted molar refractivity (Wildman–Crippen MR) is 56.3 cm³/mol. The van der Waals surface area contributed by atoms with Gasteiger partial charge in [0.15, 0.2) is 5.78 Å². The van der Waals surface area contributed by atoms with Crippen molar-refractivity contribution in [2.45, 2.75) is 23.6 Å². The number of halogens is 2. The lowest BCUT2D eigenvalue weighted by atomic mass is 10.1. The van der Waals surface area contributed by atoms with Crippen molar-refractivity contribution in [1.29, 1.82) is 0 Å². The Labute approximate surface area is 90.8 Å². The van der Waals surface area contributed by atoms with E-state index in [-0.39, 0.29) is 5.78 Å². The lowest BCUT2D eigenvalue weighted by Gasteiger charge is -2.06. The van der Waals surface area contributed by atoms with Gasteiger partial charge in [0.05, 0.1) is 6.04 Å². The number of nitrogens with two attached hydrogens (primary N) is 1. The van der Waals surface area contributed by atoms with Crippen LogP contribution in [0.2, 0.25) is 0 Å². The average molecular weight is 231 g/mol. The summed E-state index contributed by atoms with van der Waals surface area (Å²) in [5.74, 6) is -2.72. The second-order valence-corrected chi connectivity index (χ2v) is 4.12. The highest BCUT2D eigenvalue weighted by molar-refractivity contribution is 7.99. The summed E-state index contributed by atoms with van der Waals surface area (Å²) < 4.78 is 24.1. The Morgan fingerprint density at radius 3 is 2.67 bits per heavy atom. The summed E-state index contributed by atoms with van der Waals surface area (Å²) in [4.78, 5) is 11.8. The van der Waals surface area contributed by atoms with Crippen molar-refractivity contribution in [3.63, 3.8) is 0 Å². The van der Waals surface area contributed by atoms with Crippen LogP contribution < -0.4 is 5.73 Å². The fourth-order valence-electron chi connectivity index (χ4n) is 1.09. The topological polar surface area (TPSA) is 43.1 Å². The molecule has 0 heterocycles. The van der Waals surface area contributed by atoms with Gasteiger partial charge >= 0.3 is 0 Å². The second-order valence-electron chi connectivity index (χ2n) is 3.06. The maximum atomic E-state index is 12.1. The molecule has 0 aliphatic carbocycles. The molecule has 0 spiro atoms. The van der Waals surface area contributed by atoms with Crippen molar-refractivity contribution < 1.29 is 13.6 Å². The molecule has 2 N–H and O–H groups in total. The molecule has 0 aromatic heterocycles. The van der Waals surface area contributed by atoms with Gasteiger partial charge in [-0.15, -0.1) is 0 Å². The molecule has 0 aliphatic heterocycles. The molecule has 0 amide bonds. The fraction of sp³-hybridized carbons (Fsp3) is 0.300. The van der Waals surface area contributed by atoms with E-state index in [2.05, 4.69) is 0 Å². The zero-order valence-corrected chi connectivity index (χ0v) is 8.93. The van der Waals surface area contributed by atoms with E-state index >= 15 is 0 Å². The van der Waals surface area contributed by atoms with Gasteiger partial charge in [-0.3, -0.25) is 4.79 Å². The lowest BCUT2D eigenvalue weighted by molar-refractivity contribution is 0.0967. The summed E-state index contributed by atoms with van der Waals surface area (Å²) in [7, 11) is 0. The van der Waals surface area contributed by atoms with Crippen LogP contribution in [-0.4, -0.2) is 17.6 Å². The summed E-state index contributed by atoms with van der Waals surface area (Å²) in [6.07, 6.45) is 0. The lowest BCUT2D eigenvalue weighted by Crippen LogP contribution is -2.26. The monoisotopic (exact) mass is 231 g/mol. The van der Waals surface area contributed by atoms with Crippen molar-refractivity contribution in [3.05, 3.63) is 29.8 Å². The molecule has 0 aliphatic rings. The largest absolute Gasteiger partial charge is 0.321 e. The second kappa shape index (κ2) is 5.23. The number of rotatable bonds is 4. The van der Waals surface area contributed by atoms with Gasteiger partial charge < -0.3 is 5.73 Å². The van der Waals surface area contributed by atoms with E-state index in [0.717, 1.165) is 0 Å². The van der Waals surface area contributed by atoms with Crippen LogP contribution in [0.1, 0.15) is 17.3 Å². The fourth-order valence-corrected chi connectivity index (χ4v) is 1.65. The highest BCUT2D eigenvalue weighted by Gasteiger charge is 2.12. The Morgan fingerprint density at radius 2 is 2.13 bits per heavy atom. The summed E-state index contributed by atoms with van der Waals surface area (Å²) in [5, 5.41) is 0. The Hall–Kier alpha value is -0.940. The van der Waals surface area contributed by atoms with Crippen LogP contribution in [0.15, 0.2) is 29.2 Å². The summed E-state index contributed by atoms with van der Waals surface area (Å²) in [6, 6.07) is 5.50. The highest BCUT2D eigenvalue weighted by Crippen LogP contribution is 2.25. The SMILES string of the molecule is CC(N)C(=O)c1cccc(SC(F)F)c1. The molecule has 1 rings (SSSR count). The molecule has 0 radical (unpaired) electrons. The predicted octanol–water partition coefficient (Wildman–Crippen LogP) is 2.53. The Bertz CT molecular complexity index is 355. The van der Waals surface area contributed by atoms with E-state index in [1.54, 1.807) is 19.1 Å². The molecule has 0 saturated heterocycles. The third-order valence-corrected chi connectivity index (χ3v) is 2.46.